The molecule has 32 heavy (non-hydrogen) atoms. The van der Waals surface area contributed by atoms with Gasteiger partial charge in [0.2, 0.25) is 11.1 Å². The predicted molar refractivity (Wildman–Crippen MR) is 124 cm³/mol. The summed E-state index contributed by atoms with van der Waals surface area (Å²) in [6, 6.07) is 15.4. The van der Waals surface area contributed by atoms with Gasteiger partial charge in [-0.15, -0.1) is 5.10 Å². The smallest absolute Gasteiger partial charge is 0.237 e. The summed E-state index contributed by atoms with van der Waals surface area (Å²) in [6.07, 6.45) is 0. The Morgan fingerprint density at radius 3 is 2.69 bits per heavy atom. The normalized spacial score (nSPS) is 14.8. The monoisotopic (exact) mass is 454 g/mol. The molecule has 1 atom stereocenters. The van der Waals surface area contributed by atoms with Gasteiger partial charge in [-0.3, -0.25) is 4.79 Å². The largest absolute Gasteiger partial charge is 0.492 e. The molecule has 3 aromatic rings. The number of hydrogen-bond acceptors (Lipinski definition) is 8. The molecule has 0 spiro atoms. The van der Waals surface area contributed by atoms with Gasteiger partial charge < -0.3 is 19.7 Å². The van der Waals surface area contributed by atoms with Crippen molar-refractivity contribution in [3.8, 4) is 11.4 Å². The van der Waals surface area contributed by atoms with Crippen LogP contribution in [-0.2, 0) is 9.53 Å². The minimum Gasteiger partial charge on any atom is -0.492 e. The highest BCUT2D eigenvalue weighted by Crippen LogP contribution is 2.28. The first-order chi connectivity index (χ1) is 15.7. The fourth-order valence-corrected chi connectivity index (χ4v) is 4.15. The van der Waals surface area contributed by atoms with Gasteiger partial charge in [0.15, 0.2) is 0 Å². The lowest BCUT2D eigenvalue weighted by atomic mass is 10.2. The molecule has 4 rings (SSSR count). The SMILES string of the molecule is CCOc1ccccc1-n1nnnc1SC(C)C(=O)Nc1ccc(N2CCOCC2)cc1. The standard InChI is InChI=1S/C22H26N6O3S/c1-3-31-20-7-5-4-6-19(20)28-22(24-25-26-28)32-16(2)21(29)23-17-8-10-18(11-9-17)27-12-14-30-15-13-27/h4-11,16H,3,12-15H2,1-2H3,(H,23,29). The molecule has 1 amide bonds. The molecular formula is C22H26N6O3S. The molecule has 0 saturated carbocycles. The van der Waals surface area contributed by atoms with Crippen LogP contribution < -0.4 is 15.0 Å². The van der Waals surface area contributed by atoms with Crippen molar-refractivity contribution in [2.45, 2.75) is 24.3 Å². The molecule has 1 aliphatic heterocycles. The lowest BCUT2D eigenvalue weighted by Crippen LogP contribution is -2.36. The van der Waals surface area contributed by atoms with Crippen LogP contribution >= 0.6 is 11.8 Å². The average molecular weight is 455 g/mol. The number of thioether (sulfide) groups is 1. The maximum absolute atomic E-state index is 12.8. The molecule has 1 aliphatic rings. The Morgan fingerprint density at radius 1 is 1.19 bits per heavy atom. The molecule has 0 aliphatic carbocycles. The number of para-hydroxylation sites is 2. The van der Waals surface area contributed by atoms with E-state index in [9.17, 15) is 4.79 Å². The molecular weight excluding hydrogens is 428 g/mol. The van der Waals surface area contributed by atoms with Crippen molar-refractivity contribution in [3.05, 3.63) is 48.5 Å². The molecule has 10 heteroatoms. The van der Waals surface area contributed by atoms with Crippen molar-refractivity contribution in [1.29, 1.82) is 0 Å². The summed E-state index contributed by atoms with van der Waals surface area (Å²) in [5.41, 5.74) is 2.61. The third-order valence-corrected chi connectivity index (χ3v) is 6.03. The number of benzene rings is 2. The predicted octanol–water partition coefficient (Wildman–Crippen LogP) is 3.02. The highest BCUT2D eigenvalue weighted by molar-refractivity contribution is 8.00. The number of tetrazole rings is 1. The van der Waals surface area contributed by atoms with Crippen molar-refractivity contribution in [3.63, 3.8) is 0 Å². The molecule has 2 heterocycles. The van der Waals surface area contributed by atoms with E-state index in [0.717, 1.165) is 43.4 Å². The van der Waals surface area contributed by atoms with Gasteiger partial charge in [0.05, 0.1) is 25.1 Å². The quantitative estimate of drug-likeness (QED) is 0.519. The van der Waals surface area contributed by atoms with Crippen molar-refractivity contribution < 1.29 is 14.3 Å². The zero-order valence-corrected chi connectivity index (χ0v) is 18.9. The van der Waals surface area contributed by atoms with Crippen molar-refractivity contribution >= 4 is 29.0 Å². The summed E-state index contributed by atoms with van der Waals surface area (Å²) in [5.74, 6) is 0.559. The molecule has 1 fully saturated rings. The minimum atomic E-state index is -0.405. The Kier molecular flexibility index (Phi) is 7.23. The Morgan fingerprint density at radius 2 is 1.94 bits per heavy atom. The zero-order chi connectivity index (χ0) is 22.3. The number of amides is 1. The maximum atomic E-state index is 12.8. The maximum Gasteiger partial charge on any atom is 0.237 e. The highest BCUT2D eigenvalue weighted by atomic mass is 32.2. The van der Waals surface area contributed by atoms with Crippen LogP contribution in [0, 0.1) is 0 Å². The summed E-state index contributed by atoms with van der Waals surface area (Å²) >= 11 is 1.29. The van der Waals surface area contributed by atoms with Gasteiger partial charge in [-0.1, -0.05) is 23.9 Å². The number of aromatic nitrogens is 4. The van der Waals surface area contributed by atoms with Crippen LogP contribution in [0.15, 0.2) is 53.7 Å². The first kappa shape index (κ1) is 22.1. The number of ether oxygens (including phenoxy) is 2. The van der Waals surface area contributed by atoms with Crippen molar-refractivity contribution in [2.24, 2.45) is 0 Å². The van der Waals surface area contributed by atoms with E-state index in [1.54, 1.807) is 4.68 Å². The number of rotatable bonds is 8. The highest BCUT2D eigenvalue weighted by Gasteiger charge is 2.21. The summed E-state index contributed by atoms with van der Waals surface area (Å²) in [4.78, 5) is 15.1. The van der Waals surface area contributed by atoms with Crippen LogP contribution in [0.25, 0.3) is 5.69 Å². The first-order valence-electron chi connectivity index (χ1n) is 10.6. The van der Waals surface area contributed by atoms with E-state index in [2.05, 4.69) is 25.7 Å². The van der Waals surface area contributed by atoms with Gasteiger partial charge in [0, 0.05) is 24.5 Å². The average Bonchev–Trinajstić information content (AvgIpc) is 3.28. The van der Waals surface area contributed by atoms with Crippen molar-refractivity contribution in [1.82, 2.24) is 20.2 Å². The Hall–Kier alpha value is -3.11. The fraction of sp³-hybridized carbons (Fsp3) is 0.364. The van der Waals surface area contributed by atoms with E-state index in [1.165, 1.54) is 11.8 Å². The first-order valence-corrected chi connectivity index (χ1v) is 11.4. The van der Waals surface area contributed by atoms with E-state index in [0.29, 0.717) is 17.5 Å². The van der Waals surface area contributed by atoms with Gasteiger partial charge in [0.1, 0.15) is 11.4 Å². The Labute approximate surface area is 191 Å². The topological polar surface area (TPSA) is 94.4 Å². The summed E-state index contributed by atoms with van der Waals surface area (Å²) < 4.78 is 12.7. The van der Waals surface area contributed by atoms with Crippen LogP contribution in [0.1, 0.15) is 13.8 Å². The van der Waals surface area contributed by atoms with E-state index in [1.807, 2.05) is 62.4 Å². The molecule has 2 aromatic carbocycles. The van der Waals surface area contributed by atoms with Gasteiger partial charge in [0.25, 0.3) is 0 Å². The summed E-state index contributed by atoms with van der Waals surface area (Å²) in [6.45, 7) is 7.51. The van der Waals surface area contributed by atoms with Gasteiger partial charge >= 0.3 is 0 Å². The van der Waals surface area contributed by atoms with Crippen LogP contribution in [0.5, 0.6) is 5.75 Å². The minimum absolute atomic E-state index is 0.123. The molecule has 1 unspecified atom stereocenters. The second kappa shape index (κ2) is 10.5. The van der Waals surface area contributed by atoms with Crippen LogP contribution in [-0.4, -0.2) is 64.3 Å². The number of hydrogen-bond donors (Lipinski definition) is 1. The van der Waals surface area contributed by atoms with Crippen LogP contribution in [0.3, 0.4) is 0 Å². The van der Waals surface area contributed by atoms with E-state index < -0.39 is 5.25 Å². The Bertz CT molecular complexity index is 1040. The van der Waals surface area contributed by atoms with E-state index >= 15 is 0 Å². The number of carbonyl (C=O) groups is 1. The number of morpholine rings is 1. The third-order valence-electron chi connectivity index (χ3n) is 5.00. The molecule has 0 bridgehead atoms. The molecule has 1 aromatic heterocycles. The number of carbonyl (C=O) groups excluding carboxylic acids is 1. The summed E-state index contributed by atoms with van der Waals surface area (Å²) in [7, 11) is 0. The second-order valence-corrected chi connectivity index (χ2v) is 8.48. The lowest BCUT2D eigenvalue weighted by Gasteiger charge is -2.28. The molecule has 1 saturated heterocycles. The molecule has 168 valence electrons. The van der Waals surface area contributed by atoms with Crippen LogP contribution in [0.2, 0.25) is 0 Å². The molecule has 0 radical (unpaired) electrons. The number of nitrogens with one attached hydrogen (secondary N) is 1. The van der Waals surface area contributed by atoms with Gasteiger partial charge in [-0.2, -0.15) is 4.68 Å². The second-order valence-electron chi connectivity index (χ2n) is 7.17. The fourth-order valence-electron chi connectivity index (χ4n) is 3.35. The van der Waals surface area contributed by atoms with Gasteiger partial charge in [-0.05, 0) is 60.7 Å². The van der Waals surface area contributed by atoms with Crippen molar-refractivity contribution in [2.75, 3.05) is 43.1 Å². The van der Waals surface area contributed by atoms with E-state index in [-0.39, 0.29) is 5.91 Å². The summed E-state index contributed by atoms with van der Waals surface area (Å²) in [5, 5.41) is 15.1. The Balaban J connectivity index is 1.40. The lowest BCUT2D eigenvalue weighted by molar-refractivity contribution is -0.115. The van der Waals surface area contributed by atoms with Crippen LogP contribution in [0.4, 0.5) is 11.4 Å². The third kappa shape index (κ3) is 5.20. The number of anilines is 2. The molecule has 1 N–H and O–H groups in total. The zero-order valence-electron chi connectivity index (χ0n) is 18.1. The number of nitrogens with zero attached hydrogens (tertiary/aromatic N) is 5. The van der Waals surface area contributed by atoms with E-state index in [4.69, 9.17) is 9.47 Å². The molecule has 9 nitrogen and oxygen atoms in total. The van der Waals surface area contributed by atoms with Gasteiger partial charge in [-0.25, -0.2) is 0 Å².